The zero-order valence-corrected chi connectivity index (χ0v) is 16.5. The zero-order valence-electron chi connectivity index (χ0n) is 16.5. The van der Waals surface area contributed by atoms with Crippen LogP contribution < -0.4 is 4.67 Å². The van der Waals surface area contributed by atoms with Gasteiger partial charge >= 0.3 is 18.5 Å². The number of likely N-dealkylation sites (tertiary alicyclic amines) is 1. The van der Waals surface area contributed by atoms with Gasteiger partial charge in [-0.15, -0.1) is 0 Å². The summed E-state index contributed by atoms with van der Waals surface area (Å²) in [6, 6.07) is 0. The topological polar surface area (TPSA) is 73.2 Å². The van der Waals surface area contributed by atoms with E-state index in [1.165, 1.54) is 6.34 Å². The van der Waals surface area contributed by atoms with Gasteiger partial charge in [0.1, 0.15) is 11.2 Å². The molecule has 0 aromatic rings. The van der Waals surface area contributed by atoms with Gasteiger partial charge in [0.25, 0.3) is 0 Å². The van der Waals surface area contributed by atoms with Crippen LogP contribution in [0.4, 0.5) is 9.59 Å². The molecule has 1 unspecified atom stereocenters. The lowest BCUT2D eigenvalue weighted by Gasteiger charge is -2.25. The fraction of sp³-hybridized carbons (Fsp3) is 0.778. The van der Waals surface area contributed by atoms with Crippen molar-refractivity contribution in [2.24, 2.45) is 5.92 Å². The minimum Gasteiger partial charge on any atom is -0.425 e. The van der Waals surface area contributed by atoms with Gasteiger partial charge in [-0.3, -0.25) is 0 Å². The minimum absolute atomic E-state index is 0.300. The molecule has 7 nitrogen and oxygen atoms in total. The van der Waals surface area contributed by atoms with Crippen molar-refractivity contribution in [3.05, 3.63) is 0 Å². The standard InChI is InChI=1S/C18H32N3O4/c1-17(2,3)24-15(22)21(16(23)25-18(4,5)6)13-19-11-14-9-8-10-20(7)12-14/h11,13-14H,8-10,12H2,1-7H3/q+1. The van der Waals surface area contributed by atoms with Crippen LogP contribution in [0.2, 0.25) is 0 Å². The van der Waals surface area contributed by atoms with Gasteiger partial charge < -0.3 is 14.4 Å². The molecule has 2 amide bonds. The fourth-order valence-corrected chi connectivity index (χ4v) is 2.35. The van der Waals surface area contributed by atoms with Crippen molar-refractivity contribution in [2.45, 2.75) is 65.6 Å². The molecular weight excluding hydrogens is 322 g/mol. The van der Waals surface area contributed by atoms with Gasteiger partial charge in [0.05, 0.1) is 0 Å². The molecule has 0 radical (unpaired) electrons. The van der Waals surface area contributed by atoms with Crippen LogP contribution in [0.25, 0.3) is 0 Å². The summed E-state index contributed by atoms with van der Waals surface area (Å²) < 4.78 is 14.7. The van der Waals surface area contributed by atoms with Crippen molar-refractivity contribution in [1.29, 1.82) is 0 Å². The molecule has 0 aliphatic carbocycles. The maximum atomic E-state index is 12.3. The summed E-state index contributed by atoms with van der Waals surface area (Å²) in [5.41, 5.74) is -1.44. The number of hydrogen-bond donors (Lipinski definition) is 0. The number of amides is 2. The van der Waals surface area contributed by atoms with E-state index in [1.807, 2.05) is 0 Å². The van der Waals surface area contributed by atoms with E-state index < -0.39 is 23.4 Å². The number of imide groups is 1. The highest BCUT2D eigenvalue weighted by molar-refractivity contribution is 6.00. The van der Waals surface area contributed by atoms with Crippen LogP contribution in [0.1, 0.15) is 54.4 Å². The quantitative estimate of drug-likeness (QED) is 0.433. The van der Waals surface area contributed by atoms with E-state index in [0.29, 0.717) is 5.92 Å². The molecule has 25 heavy (non-hydrogen) atoms. The summed E-state index contributed by atoms with van der Waals surface area (Å²) >= 11 is 0. The van der Waals surface area contributed by atoms with Crippen molar-refractivity contribution >= 4 is 24.7 Å². The number of carbonyl (C=O) groups excluding carboxylic acids is 2. The Morgan fingerprint density at radius 2 is 1.60 bits per heavy atom. The summed E-state index contributed by atoms with van der Waals surface area (Å²) in [6.45, 7) is 12.4. The average molecular weight is 354 g/mol. The van der Waals surface area contributed by atoms with Crippen LogP contribution in [0.15, 0.2) is 0 Å². The number of nitrogens with zero attached hydrogens (tertiary/aromatic N) is 3. The van der Waals surface area contributed by atoms with Gasteiger partial charge in [0.2, 0.25) is 0 Å². The van der Waals surface area contributed by atoms with E-state index >= 15 is 0 Å². The highest BCUT2D eigenvalue weighted by Crippen LogP contribution is 2.14. The van der Waals surface area contributed by atoms with E-state index in [9.17, 15) is 9.59 Å². The van der Waals surface area contributed by atoms with Crippen LogP contribution in [-0.2, 0) is 9.47 Å². The molecule has 0 N–H and O–H groups in total. The Balaban J connectivity index is 2.91. The maximum Gasteiger partial charge on any atom is 0.518 e. The Bertz CT molecular complexity index is 512. The molecule has 0 spiro atoms. The smallest absolute Gasteiger partial charge is 0.425 e. The first-order valence-corrected chi connectivity index (χ1v) is 8.68. The normalized spacial score (nSPS) is 18.8. The van der Waals surface area contributed by atoms with Crippen LogP contribution in [-0.4, -0.2) is 65.9 Å². The van der Waals surface area contributed by atoms with Crippen molar-refractivity contribution < 1.29 is 19.1 Å². The van der Waals surface area contributed by atoms with Gasteiger partial charge in [-0.25, -0.2) is 4.67 Å². The lowest BCUT2D eigenvalue weighted by Crippen LogP contribution is -2.43. The van der Waals surface area contributed by atoms with Gasteiger partial charge in [-0.05, 0) is 72.9 Å². The molecule has 1 aliphatic heterocycles. The lowest BCUT2D eigenvalue weighted by atomic mass is 10.0. The predicted octanol–water partition coefficient (Wildman–Crippen LogP) is 2.67. The lowest BCUT2D eigenvalue weighted by molar-refractivity contribution is 0.0156. The zero-order chi connectivity index (χ0) is 19.3. The largest absolute Gasteiger partial charge is 0.518 e. The van der Waals surface area contributed by atoms with Crippen LogP contribution in [0, 0.1) is 5.92 Å². The van der Waals surface area contributed by atoms with Crippen molar-refractivity contribution in [3.63, 3.8) is 0 Å². The Hall–Kier alpha value is -1.85. The van der Waals surface area contributed by atoms with E-state index in [1.54, 1.807) is 47.8 Å². The van der Waals surface area contributed by atoms with E-state index in [-0.39, 0.29) is 0 Å². The summed E-state index contributed by atoms with van der Waals surface area (Å²) in [5.74, 6) is 0.300. The third-order valence-electron chi connectivity index (χ3n) is 3.32. The van der Waals surface area contributed by atoms with E-state index in [4.69, 9.17) is 9.47 Å². The van der Waals surface area contributed by atoms with Gasteiger partial charge in [0.15, 0.2) is 6.21 Å². The molecule has 142 valence electrons. The third kappa shape index (κ3) is 8.70. The number of carbonyl (C=O) groups is 2. The Kier molecular flexibility index (Phi) is 7.20. The highest BCUT2D eigenvalue weighted by Gasteiger charge is 2.37. The number of piperidine rings is 1. The molecular formula is C18H32N3O4+. The summed E-state index contributed by atoms with van der Waals surface area (Å²) in [4.78, 5) is 27.6. The van der Waals surface area contributed by atoms with Crippen LogP contribution in [0.5, 0.6) is 0 Å². The first-order chi connectivity index (χ1) is 11.4. The van der Waals surface area contributed by atoms with E-state index in [2.05, 4.69) is 16.6 Å². The number of rotatable bonds is 2. The molecule has 1 heterocycles. The molecule has 1 atom stereocenters. The second-order valence-electron chi connectivity index (χ2n) is 8.41. The molecule has 0 aromatic heterocycles. The van der Waals surface area contributed by atoms with Crippen molar-refractivity contribution in [3.8, 4) is 0 Å². The van der Waals surface area contributed by atoms with Crippen LogP contribution in [0.3, 0.4) is 0 Å². The minimum atomic E-state index is -0.806. The molecule has 0 saturated carbocycles. The molecule has 1 aliphatic rings. The van der Waals surface area contributed by atoms with Crippen molar-refractivity contribution in [1.82, 2.24) is 14.5 Å². The molecule has 1 fully saturated rings. The second-order valence-corrected chi connectivity index (χ2v) is 8.41. The first-order valence-electron chi connectivity index (χ1n) is 8.68. The molecule has 1 rings (SSSR count). The molecule has 7 heteroatoms. The number of hydrogen-bond acceptors (Lipinski definition) is 5. The van der Waals surface area contributed by atoms with Gasteiger partial charge in [-0.2, -0.15) is 9.59 Å². The predicted molar refractivity (Wildman–Crippen MR) is 98.8 cm³/mol. The fourth-order valence-electron chi connectivity index (χ4n) is 2.35. The SMILES string of the molecule is CN1CCCC(C=[N+]=CN(C(=O)OC(C)(C)C)C(=O)OC(C)(C)C)C1. The van der Waals surface area contributed by atoms with Gasteiger partial charge in [-0.1, -0.05) is 0 Å². The number of ether oxygens (including phenoxy) is 2. The van der Waals surface area contributed by atoms with Crippen LogP contribution >= 0.6 is 0 Å². The Morgan fingerprint density at radius 3 is 2.04 bits per heavy atom. The first kappa shape index (κ1) is 21.2. The van der Waals surface area contributed by atoms with Gasteiger partial charge in [0, 0.05) is 12.5 Å². The van der Waals surface area contributed by atoms with Crippen molar-refractivity contribution in [2.75, 3.05) is 20.1 Å². The Morgan fingerprint density at radius 1 is 1.08 bits per heavy atom. The average Bonchev–Trinajstić information content (AvgIpc) is 2.39. The molecule has 0 aromatic carbocycles. The molecule has 0 bridgehead atoms. The monoisotopic (exact) mass is 354 g/mol. The maximum absolute atomic E-state index is 12.3. The second kappa shape index (κ2) is 8.50. The summed E-state index contributed by atoms with van der Waals surface area (Å²) in [5, 5.41) is 0. The third-order valence-corrected chi connectivity index (χ3v) is 3.32. The van der Waals surface area contributed by atoms with E-state index in [0.717, 1.165) is 30.8 Å². The highest BCUT2D eigenvalue weighted by atomic mass is 16.6. The Labute approximate surface area is 150 Å². The molecule has 1 saturated heterocycles. The summed E-state index contributed by atoms with van der Waals surface area (Å²) in [7, 11) is 2.07. The summed E-state index contributed by atoms with van der Waals surface area (Å²) in [6.07, 6.45) is 3.49.